The Bertz CT molecular complexity index is 3440. The smallest absolute Gasteiger partial charge is 0.0465 e. The maximum absolute atomic E-state index is 2.47. The molecule has 0 spiro atoms. The van der Waals surface area contributed by atoms with Crippen molar-refractivity contribution < 1.29 is 0 Å². The van der Waals surface area contributed by atoms with Crippen molar-refractivity contribution in [3.63, 3.8) is 0 Å². The van der Waals surface area contributed by atoms with Crippen LogP contribution in [0.25, 0.3) is 77.5 Å². The molecule has 0 amide bonds. The highest BCUT2D eigenvalue weighted by Crippen LogP contribution is 2.54. The lowest BCUT2D eigenvalue weighted by Crippen LogP contribution is -2.18. The van der Waals surface area contributed by atoms with Crippen LogP contribution in [-0.2, 0) is 10.8 Å². The van der Waals surface area contributed by atoms with Gasteiger partial charge in [0.2, 0.25) is 0 Å². The van der Waals surface area contributed by atoms with E-state index in [1.165, 1.54) is 99.8 Å². The van der Waals surface area contributed by atoms with Gasteiger partial charge in [-0.1, -0.05) is 210 Å². The number of hydrogen-bond acceptors (Lipinski definition) is 1. The summed E-state index contributed by atoms with van der Waals surface area (Å²) in [4.78, 5) is 2.47. The molecular formula is C64H49N. The van der Waals surface area contributed by atoms with Gasteiger partial charge in [0.15, 0.2) is 0 Å². The molecule has 65 heavy (non-hydrogen) atoms. The molecule has 0 N–H and O–H groups in total. The summed E-state index contributed by atoms with van der Waals surface area (Å²) in [6, 6.07) is 83.2. The number of nitrogens with zero attached hydrogens (tertiary/aromatic N) is 1. The molecule has 0 bridgehead atoms. The zero-order valence-electron chi connectivity index (χ0n) is 37.3. The first-order valence-corrected chi connectivity index (χ1v) is 22.9. The Morgan fingerprint density at radius 1 is 0.262 bits per heavy atom. The fourth-order valence-electron chi connectivity index (χ4n) is 10.9. The van der Waals surface area contributed by atoms with Crippen LogP contribution < -0.4 is 4.90 Å². The van der Waals surface area contributed by atoms with E-state index in [1.807, 2.05) is 0 Å². The Morgan fingerprint density at radius 2 is 0.662 bits per heavy atom. The Hall–Kier alpha value is -7.74. The summed E-state index contributed by atoms with van der Waals surface area (Å²) < 4.78 is 0. The van der Waals surface area contributed by atoms with Gasteiger partial charge in [-0.3, -0.25) is 0 Å². The molecule has 1 nitrogen and oxygen atoms in total. The SMILES string of the molecule is CC1(C)c2ccccc2-c2ccc(N(c3ccc(-c4cccc5ccccc45)cc3)c3ccc4c(c3)C(C)(C)c3cc(-c5ccc(-c6ccc(-c7ccccc7)cc6)cc5)ccc3-4)cc21. The Balaban J connectivity index is 0.903. The molecule has 1 heteroatoms. The third-order valence-electron chi connectivity index (χ3n) is 14.5. The van der Waals surface area contributed by atoms with E-state index in [2.05, 4.69) is 257 Å². The molecule has 0 fully saturated rings. The second-order valence-electron chi connectivity index (χ2n) is 18.9. The van der Waals surface area contributed by atoms with Crippen molar-refractivity contribution in [2.24, 2.45) is 0 Å². The summed E-state index contributed by atoms with van der Waals surface area (Å²) in [5.74, 6) is 0. The van der Waals surface area contributed by atoms with Crippen molar-refractivity contribution in [1.82, 2.24) is 0 Å². The van der Waals surface area contributed by atoms with Gasteiger partial charge in [0, 0.05) is 27.9 Å². The maximum atomic E-state index is 2.47. The van der Waals surface area contributed by atoms with E-state index >= 15 is 0 Å². The van der Waals surface area contributed by atoms with Crippen LogP contribution in [0.1, 0.15) is 49.9 Å². The quantitative estimate of drug-likeness (QED) is 0.155. The van der Waals surface area contributed by atoms with Crippen LogP contribution in [0.4, 0.5) is 17.1 Å². The molecule has 10 aromatic rings. The first-order chi connectivity index (χ1) is 31.7. The average Bonchev–Trinajstić information content (AvgIpc) is 3.73. The second kappa shape index (κ2) is 14.9. The largest absolute Gasteiger partial charge is 0.310 e. The first kappa shape index (κ1) is 38.9. The van der Waals surface area contributed by atoms with E-state index in [0.29, 0.717) is 0 Å². The van der Waals surface area contributed by atoms with Gasteiger partial charge in [-0.25, -0.2) is 0 Å². The van der Waals surface area contributed by atoms with E-state index in [1.54, 1.807) is 0 Å². The summed E-state index contributed by atoms with van der Waals surface area (Å²) in [6.07, 6.45) is 0. The molecule has 2 aliphatic rings. The van der Waals surface area contributed by atoms with Gasteiger partial charge in [-0.15, -0.1) is 0 Å². The predicted octanol–water partition coefficient (Wildman–Crippen LogP) is 17.6. The van der Waals surface area contributed by atoms with Gasteiger partial charge in [0.05, 0.1) is 0 Å². The molecule has 10 aromatic carbocycles. The second-order valence-corrected chi connectivity index (χ2v) is 18.9. The van der Waals surface area contributed by atoms with E-state index in [0.717, 1.165) is 17.1 Å². The lowest BCUT2D eigenvalue weighted by molar-refractivity contribution is 0.660. The maximum Gasteiger partial charge on any atom is 0.0465 e. The van der Waals surface area contributed by atoms with E-state index < -0.39 is 0 Å². The minimum absolute atomic E-state index is 0.112. The number of rotatable bonds is 7. The van der Waals surface area contributed by atoms with E-state index in [4.69, 9.17) is 0 Å². The average molecular weight is 832 g/mol. The summed E-state index contributed by atoms with van der Waals surface area (Å²) in [6.45, 7) is 9.53. The van der Waals surface area contributed by atoms with Gasteiger partial charge >= 0.3 is 0 Å². The number of anilines is 3. The Morgan fingerprint density at radius 3 is 1.29 bits per heavy atom. The minimum atomic E-state index is -0.206. The van der Waals surface area contributed by atoms with Crippen molar-refractivity contribution in [2.45, 2.75) is 38.5 Å². The topological polar surface area (TPSA) is 3.24 Å². The number of benzene rings is 10. The zero-order chi connectivity index (χ0) is 43.9. The van der Waals surface area contributed by atoms with Gasteiger partial charge in [-0.05, 0) is 142 Å². The molecule has 0 heterocycles. The van der Waals surface area contributed by atoms with Gasteiger partial charge in [0.25, 0.3) is 0 Å². The minimum Gasteiger partial charge on any atom is -0.310 e. The zero-order valence-corrected chi connectivity index (χ0v) is 37.3. The fourth-order valence-corrected chi connectivity index (χ4v) is 10.9. The van der Waals surface area contributed by atoms with Crippen molar-refractivity contribution >= 4 is 27.8 Å². The van der Waals surface area contributed by atoms with Crippen LogP contribution in [0.5, 0.6) is 0 Å². The molecule has 310 valence electrons. The molecular weight excluding hydrogens is 783 g/mol. The third-order valence-corrected chi connectivity index (χ3v) is 14.5. The highest BCUT2D eigenvalue weighted by molar-refractivity contribution is 5.97. The lowest BCUT2D eigenvalue weighted by atomic mass is 9.81. The molecule has 0 saturated carbocycles. The van der Waals surface area contributed by atoms with E-state index in [9.17, 15) is 0 Å². The standard InChI is InChI=1S/C64H49N/c1-63(2)59-20-11-10-18-55(59)57-37-34-51(40-61(57)63)65(50-32-29-48(30-33-50)54-19-12-16-47-15-8-9-17-53(47)54)52-35-38-58-56-36-31-49(39-60(56)64(3,4)62(58)41-52)46-27-25-45(26-28-46)44-23-21-43(22-24-44)42-13-6-5-7-14-42/h5-41H,1-4H3. The number of fused-ring (bicyclic) bond motifs is 7. The molecule has 0 saturated heterocycles. The van der Waals surface area contributed by atoms with Crippen LogP contribution >= 0.6 is 0 Å². The molecule has 0 atom stereocenters. The van der Waals surface area contributed by atoms with Gasteiger partial charge < -0.3 is 4.90 Å². The molecule has 12 rings (SSSR count). The summed E-state index contributed by atoms with van der Waals surface area (Å²) >= 11 is 0. The number of hydrogen-bond donors (Lipinski definition) is 0. The van der Waals surface area contributed by atoms with Crippen LogP contribution in [0.2, 0.25) is 0 Å². The summed E-state index contributed by atoms with van der Waals surface area (Å²) in [7, 11) is 0. The van der Waals surface area contributed by atoms with Crippen molar-refractivity contribution in [2.75, 3.05) is 4.90 Å². The molecule has 0 unspecified atom stereocenters. The van der Waals surface area contributed by atoms with Crippen molar-refractivity contribution in [3.05, 3.63) is 247 Å². The van der Waals surface area contributed by atoms with Crippen LogP contribution in [0, 0.1) is 0 Å². The molecule has 2 aliphatic carbocycles. The van der Waals surface area contributed by atoms with Gasteiger partial charge in [0.1, 0.15) is 0 Å². The molecule has 0 radical (unpaired) electrons. The third kappa shape index (κ3) is 6.37. The Kier molecular flexibility index (Phi) is 8.94. The van der Waals surface area contributed by atoms with E-state index in [-0.39, 0.29) is 10.8 Å². The normalized spacial score (nSPS) is 13.8. The fraction of sp³-hybridized carbons (Fsp3) is 0.0938. The summed E-state index contributed by atoms with van der Waals surface area (Å²) in [5, 5.41) is 2.52. The Labute approximate surface area is 383 Å². The van der Waals surface area contributed by atoms with Crippen molar-refractivity contribution in [1.29, 1.82) is 0 Å². The highest BCUT2D eigenvalue weighted by Gasteiger charge is 2.38. The predicted molar refractivity (Wildman–Crippen MR) is 276 cm³/mol. The van der Waals surface area contributed by atoms with Gasteiger partial charge in [-0.2, -0.15) is 0 Å². The first-order valence-electron chi connectivity index (χ1n) is 22.9. The van der Waals surface area contributed by atoms with Crippen molar-refractivity contribution in [3.8, 4) is 66.8 Å². The van der Waals surface area contributed by atoms with Crippen LogP contribution in [0.15, 0.2) is 224 Å². The molecule has 0 aromatic heterocycles. The monoisotopic (exact) mass is 831 g/mol. The van der Waals surface area contributed by atoms with Crippen LogP contribution in [0.3, 0.4) is 0 Å². The summed E-state index contributed by atoms with van der Waals surface area (Å²) in [5.41, 5.74) is 23.7. The van der Waals surface area contributed by atoms with Crippen LogP contribution in [-0.4, -0.2) is 0 Å². The lowest BCUT2D eigenvalue weighted by Gasteiger charge is -2.30. The molecule has 0 aliphatic heterocycles. The highest BCUT2D eigenvalue weighted by atomic mass is 15.1.